The number of aliphatic carboxylic acids is 1. The van der Waals surface area contributed by atoms with Crippen molar-refractivity contribution in [3.63, 3.8) is 0 Å². The molecule has 0 aliphatic rings. The van der Waals surface area contributed by atoms with Gasteiger partial charge in [-0.2, -0.15) is 0 Å². The van der Waals surface area contributed by atoms with Crippen molar-refractivity contribution in [2.75, 3.05) is 12.8 Å². The van der Waals surface area contributed by atoms with Gasteiger partial charge in [-0.1, -0.05) is 0 Å². The van der Waals surface area contributed by atoms with Crippen molar-refractivity contribution in [3.05, 3.63) is 0 Å². The maximum absolute atomic E-state index is 10.3. The average molecular weight is 297 g/mol. The molecule has 1 unspecified atom stereocenters. The Balaban J connectivity index is -0.000000208. The van der Waals surface area contributed by atoms with Gasteiger partial charge >= 0.3 is 21.8 Å². The molecule has 1 atom stereocenters. The second kappa shape index (κ2) is 10.9. The molecule has 8 nitrogen and oxygen atoms in total. The Kier molecular flexibility index (Phi) is 15.0. The van der Waals surface area contributed by atoms with Gasteiger partial charge in [-0.15, -0.1) is 0 Å². The van der Waals surface area contributed by atoms with Crippen molar-refractivity contribution < 1.29 is 60.0 Å². The maximum atomic E-state index is 10.3. The van der Waals surface area contributed by atoms with Crippen LogP contribution >= 0.6 is 15.9 Å². The summed E-state index contributed by atoms with van der Waals surface area (Å²) in [6, 6.07) is 0. The van der Waals surface area contributed by atoms with Crippen molar-refractivity contribution in [2.45, 2.75) is 6.92 Å². The first kappa shape index (κ1) is 20.7. The number of rotatable bonds is 4. The fourth-order valence-corrected chi connectivity index (χ4v) is 1.59. The molecule has 0 aromatic rings. The second-order valence-corrected chi connectivity index (χ2v) is 4.71. The maximum Gasteiger partial charge on any atom is 0.518 e. The molecule has 0 saturated heterocycles. The molecule has 15 heavy (non-hydrogen) atoms. The van der Waals surface area contributed by atoms with Gasteiger partial charge in [-0.05, 0) is 15.8 Å². The Morgan fingerprint density at radius 3 is 1.87 bits per heavy atom. The summed E-state index contributed by atoms with van der Waals surface area (Å²) in [7, 11) is -6.70. The molecule has 0 rings (SSSR count). The van der Waals surface area contributed by atoms with Gasteiger partial charge < -0.3 is 20.0 Å². The van der Waals surface area contributed by atoms with Crippen LogP contribution in [0.2, 0.25) is 0 Å². The van der Waals surface area contributed by atoms with Crippen LogP contribution < -0.4 is 0 Å². The zero-order chi connectivity index (χ0) is 11.8. The van der Waals surface area contributed by atoms with Gasteiger partial charge in [0.15, 0.2) is 6.16 Å². The van der Waals surface area contributed by atoms with Crippen molar-refractivity contribution in [1.29, 1.82) is 0 Å². The third-order valence-electron chi connectivity index (χ3n) is 0.591. The molecular formula is C4H11O8P2Ti+. The summed E-state index contributed by atoms with van der Waals surface area (Å²) in [6.07, 6.45) is 0.112. The Labute approximate surface area is 102 Å². The largest absolute Gasteiger partial charge is 0.518 e. The van der Waals surface area contributed by atoms with Crippen LogP contribution in [-0.2, 0) is 40.0 Å². The van der Waals surface area contributed by atoms with E-state index in [-0.39, 0.29) is 27.9 Å². The Morgan fingerprint density at radius 2 is 1.80 bits per heavy atom. The van der Waals surface area contributed by atoms with E-state index in [9.17, 15) is 9.13 Å². The van der Waals surface area contributed by atoms with Crippen LogP contribution in [0, 0.1) is 0 Å². The molecule has 0 spiro atoms. The van der Waals surface area contributed by atoms with Gasteiger partial charge in [0.25, 0.3) is 0 Å². The minimum absolute atomic E-state index is 0. The van der Waals surface area contributed by atoms with Gasteiger partial charge in [-0.25, -0.2) is 9.36 Å². The van der Waals surface area contributed by atoms with Gasteiger partial charge in [0, 0.05) is 21.7 Å². The summed E-state index contributed by atoms with van der Waals surface area (Å²) in [4.78, 5) is 25.2. The van der Waals surface area contributed by atoms with E-state index in [1.807, 2.05) is 0 Å². The number of phosphoric acid groups is 1. The van der Waals surface area contributed by atoms with E-state index < -0.39 is 28.4 Å². The average Bonchev–Trinajstić information content (AvgIpc) is 2.02. The third-order valence-corrected chi connectivity index (χ3v) is 2.69. The molecule has 0 bridgehead atoms. The fourth-order valence-electron chi connectivity index (χ4n) is 0.176. The van der Waals surface area contributed by atoms with Crippen LogP contribution in [0.1, 0.15) is 6.92 Å². The summed E-state index contributed by atoms with van der Waals surface area (Å²) in [5.74, 6) is -1.19. The first-order valence-electron chi connectivity index (χ1n) is 3.25. The second-order valence-electron chi connectivity index (χ2n) is 1.77. The quantitative estimate of drug-likeness (QED) is 0.417. The van der Waals surface area contributed by atoms with E-state index in [2.05, 4.69) is 4.31 Å². The van der Waals surface area contributed by atoms with E-state index in [1.165, 1.54) is 6.92 Å². The standard InChI is InChI=1S/C2H6O5P2.C2H4O3.Ti/c1-2-8(3)7-9(4,5)6;3-1-2(4)5;/h2H2,1H3,(H-,4,5,6);3H,1H2,(H,4,5);/p+1. The number of hydrogen-bond acceptors (Lipinski definition) is 5. The molecule has 0 amide bonds. The van der Waals surface area contributed by atoms with Crippen LogP contribution in [-0.4, -0.2) is 38.7 Å². The molecule has 0 fully saturated rings. The zero-order valence-electron chi connectivity index (χ0n) is 7.73. The molecule has 0 aliphatic carbocycles. The van der Waals surface area contributed by atoms with E-state index in [1.54, 1.807) is 0 Å². The summed E-state index contributed by atoms with van der Waals surface area (Å²) >= 11 is 0. The van der Waals surface area contributed by atoms with Gasteiger partial charge in [0.2, 0.25) is 0 Å². The van der Waals surface area contributed by atoms with Gasteiger partial charge in [0.1, 0.15) is 6.61 Å². The van der Waals surface area contributed by atoms with Crippen molar-refractivity contribution in [3.8, 4) is 0 Å². The number of carbonyl (C=O) groups is 1. The smallest absolute Gasteiger partial charge is 0.480 e. The summed E-state index contributed by atoms with van der Waals surface area (Å²) in [5, 5.41) is 15.0. The first-order valence-corrected chi connectivity index (χ1v) is 6.14. The molecule has 11 heteroatoms. The number of carboxylic acids is 1. The predicted molar refractivity (Wildman–Crippen MR) is 46.0 cm³/mol. The molecule has 0 heterocycles. The topological polar surface area (TPSA) is 141 Å². The van der Waals surface area contributed by atoms with Crippen molar-refractivity contribution >= 4 is 21.8 Å². The van der Waals surface area contributed by atoms with Crippen molar-refractivity contribution in [1.82, 2.24) is 0 Å². The molecule has 4 N–H and O–H groups in total. The van der Waals surface area contributed by atoms with Crippen LogP contribution in [0.4, 0.5) is 0 Å². The minimum atomic E-state index is -4.52. The monoisotopic (exact) mass is 297 g/mol. The fraction of sp³-hybridized carbons (Fsp3) is 0.750. The van der Waals surface area contributed by atoms with Crippen LogP contribution in [0.3, 0.4) is 0 Å². The Bertz CT molecular complexity index is 237. The van der Waals surface area contributed by atoms with Crippen LogP contribution in [0.15, 0.2) is 0 Å². The minimum Gasteiger partial charge on any atom is -0.480 e. The van der Waals surface area contributed by atoms with Gasteiger partial charge in [0.05, 0.1) is 0 Å². The summed E-state index contributed by atoms with van der Waals surface area (Å²) in [6.45, 7) is 0.731. The molecule has 0 saturated carbocycles. The Morgan fingerprint density at radius 1 is 1.47 bits per heavy atom. The number of aliphatic hydroxyl groups excluding tert-OH is 1. The normalized spacial score (nSPS) is 10.5. The Hall–Kier alpha value is 0.354. The predicted octanol–water partition coefficient (Wildman–Crippen LogP) is -0.0812. The first-order chi connectivity index (χ1) is 6.22. The molecule has 0 aromatic carbocycles. The summed E-state index contributed by atoms with van der Waals surface area (Å²) in [5.41, 5.74) is 0. The van der Waals surface area contributed by atoms with E-state index in [0.717, 1.165) is 0 Å². The zero-order valence-corrected chi connectivity index (χ0v) is 11.1. The number of aliphatic hydroxyl groups is 1. The van der Waals surface area contributed by atoms with E-state index in [0.29, 0.717) is 0 Å². The number of hydrogen-bond donors (Lipinski definition) is 4. The third kappa shape index (κ3) is 25.0. The molecule has 0 aliphatic heterocycles. The van der Waals surface area contributed by atoms with Gasteiger partial charge in [-0.3, -0.25) is 0 Å². The van der Waals surface area contributed by atoms with Crippen LogP contribution in [0.5, 0.6) is 0 Å². The molecule has 0 radical (unpaired) electrons. The summed E-state index contributed by atoms with van der Waals surface area (Å²) < 4.78 is 23.9. The molecule has 88 valence electrons. The number of carboxylic acid groups (broad SMARTS) is 1. The molecule has 0 aromatic heterocycles. The SMILES string of the molecule is CC[P+](=O)OP(=O)(O)O.O=C(O)CO.[Ti]. The van der Waals surface area contributed by atoms with Crippen LogP contribution in [0.25, 0.3) is 0 Å². The van der Waals surface area contributed by atoms with E-state index >= 15 is 0 Å². The van der Waals surface area contributed by atoms with E-state index in [4.69, 9.17) is 24.8 Å². The molecular weight excluding hydrogens is 286 g/mol. The van der Waals surface area contributed by atoms with Crippen molar-refractivity contribution in [2.24, 2.45) is 0 Å².